The molecule has 2 heterocycles. The zero-order chi connectivity index (χ0) is 12.3. The number of nitrogens with one attached hydrogen (secondary N) is 1. The summed E-state index contributed by atoms with van der Waals surface area (Å²) in [5.41, 5.74) is 0.484. The highest BCUT2D eigenvalue weighted by atomic mass is 16.5. The van der Waals surface area contributed by atoms with Crippen molar-refractivity contribution >= 4 is 11.2 Å². The van der Waals surface area contributed by atoms with Gasteiger partial charge in [0.15, 0.2) is 11.2 Å². The monoisotopic (exact) mass is 238 g/mol. The molecule has 2 aromatic rings. The second-order valence-electron chi connectivity index (χ2n) is 3.63. The van der Waals surface area contributed by atoms with E-state index in [4.69, 9.17) is 9.84 Å². The van der Waals surface area contributed by atoms with E-state index in [1.165, 1.54) is 12.7 Å². The van der Waals surface area contributed by atoms with Crippen LogP contribution in [0.2, 0.25) is 0 Å². The molecular weight excluding hydrogens is 224 g/mol. The molecule has 0 aliphatic rings. The maximum Gasteiger partial charge on any atom is 0.278 e. The molecule has 0 unspecified atom stereocenters. The summed E-state index contributed by atoms with van der Waals surface area (Å²) in [5.74, 6) is 0. The van der Waals surface area contributed by atoms with Gasteiger partial charge in [0, 0.05) is 0 Å². The number of H-pyrrole nitrogens is 1. The molecule has 0 amide bonds. The third-order valence-electron chi connectivity index (χ3n) is 2.52. The molecule has 92 valence electrons. The van der Waals surface area contributed by atoms with E-state index in [-0.39, 0.29) is 30.5 Å². The molecule has 7 nitrogen and oxygen atoms in total. The van der Waals surface area contributed by atoms with E-state index in [2.05, 4.69) is 15.0 Å². The number of imidazole rings is 1. The van der Waals surface area contributed by atoms with Gasteiger partial charge < -0.3 is 14.8 Å². The average molecular weight is 238 g/mol. The molecule has 0 spiro atoms. The van der Waals surface area contributed by atoms with Gasteiger partial charge in [-0.1, -0.05) is 6.92 Å². The van der Waals surface area contributed by atoms with Crippen molar-refractivity contribution in [2.75, 3.05) is 6.61 Å². The van der Waals surface area contributed by atoms with Gasteiger partial charge in [-0.15, -0.1) is 0 Å². The number of rotatable bonds is 5. The van der Waals surface area contributed by atoms with Crippen LogP contribution in [0.25, 0.3) is 11.2 Å². The third-order valence-corrected chi connectivity index (χ3v) is 2.52. The second-order valence-corrected chi connectivity index (χ2v) is 3.63. The maximum atomic E-state index is 11.4. The molecule has 0 aliphatic carbocycles. The summed E-state index contributed by atoms with van der Waals surface area (Å²) in [6, 6.07) is 0. The number of aliphatic hydroxyl groups is 1. The Balaban J connectivity index is 2.20. The first kappa shape index (κ1) is 11.7. The van der Waals surface area contributed by atoms with Crippen LogP contribution in [0.4, 0.5) is 0 Å². The Bertz CT molecular complexity index is 544. The Morgan fingerprint density at radius 2 is 2.41 bits per heavy atom. The summed E-state index contributed by atoms with van der Waals surface area (Å²) in [6.45, 7) is 2.11. The smallest absolute Gasteiger partial charge is 0.278 e. The Morgan fingerprint density at radius 1 is 1.59 bits per heavy atom. The van der Waals surface area contributed by atoms with Crippen molar-refractivity contribution in [3.8, 4) is 0 Å². The van der Waals surface area contributed by atoms with Gasteiger partial charge in [-0.05, 0) is 6.42 Å². The van der Waals surface area contributed by atoms with Gasteiger partial charge in [0.1, 0.15) is 6.73 Å². The fourth-order valence-corrected chi connectivity index (χ4v) is 1.47. The van der Waals surface area contributed by atoms with Gasteiger partial charge in [-0.25, -0.2) is 9.97 Å². The van der Waals surface area contributed by atoms with Crippen LogP contribution in [0.15, 0.2) is 17.4 Å². The standard InChI is InChI=1S/C10H14N4O3/c1-2-7(3-15)17-6-14-5-13-8-9(14)11-4-12-10(8)16/h4-5,7,15H,2-3,6H2,1H3,(H,11,12,16)/t7-/m0/s1. The van der Waals surface area contributed by atoms with Crippen LogP contribution in [-0.4, -0.2) is 37.3 Å². The highest BCUT2D eigenvalue weighted by molar-refractivity contribution is 5.68. The van der Waals surface area contributed by atoms with Gasteiger partial charge in [0.2, 0.25) is 0 Å². The van der Waals surface area contributed by atoms with Gasteiger partial charge in [-0.3, -0.25) is 9.36 Å². The van der Waals surface area contributed by atoms with Gasteiger partial charge in [0.25, 0.3) is 5.56 Å². The van der Waals surface area contributed by atoms with E-state index in [1.54, 1.807) is 4.57 Å². The second kappa shape index (κ2) is 5.07. The van der Waals surface area contributed by atoms with Crippen molar-refractivity contribution in [2.45, 2.75) is 26.2 Å². The van der Waals surface area contributed by atoms with E-state index in [0.717, 1.165) is 6.42 Å². The molecule has 0 bridgehead atoms. The predicted octanol–water partition coefficient (Wildman–Crippen LogP) is -0.135. The lowest BCUT2D eigenvalue weighted by Crippen LogP contribution is -2.18. The van der Waals surface area contributed by atoms with Crippen LogP contribution < -0.4 is 5.56 Å². The molecule has 0 radical (unpaired) electrons. The lowest BCUT2D eigenvalue weighted by atomic mass is 10.3. The highest BCUT2D eigenvalue weighted by Crippen LogP contribution is 2.06. The Labute approximate surface area is 97.1 Å². The highest BCUT2D eigenvalue weighted by Gasteiger charge is 2.09. The van der Waals surface area contributed by atoms with Crippen molar-refractivity contribution in [2.24, 2.45) is 0 Å². The molecule has 17 heavy (non-hydrogen) atoms. The Morgan fingerprint density at radius 3 is 3.12 bits per heavy atom. The number of aromatic nitrogens is 4. The van der Waals surface area contributed by atoms with E-state index in [0.29, 0.717) is 5.65 Å². The number of nitrogens with zero attached hydrogens (tertiary/aromatic N) is 3. The minimum Gasteiger partial charge on any atom is -0.394 e. The van der Waals surface area contributed by atoms with Crippen molar-refractivity contribution in [1.29, 1.82) is 0 Å². The molecule has 0 saturated carbocycles. The largest absolute Gasteiger partial charge is 0.394 e. The number of ether oxygens (including phenoxy) is 1. The summed E-state index contributed by atoms with van der Waals surface area (Å²) < 4.78 is 7.08. The third kappa shape index (κ3) is 2.34. The van der Waals surface area contributed by atoms with Crippen molar-refractivity contribution in [3.05, 3.63) is 23.0 Å². The SMILES string of the molecule is CC[C@@H](CO)OCn1cnc2c(=O)[nH]cnc21. The Kier molecular flexibility index (Phi) is 3.50. The fourth-order valence-electron chi connectivity index (χ4n) is 1.47. The minimum atomic E-state index is -0.275. The summed E-state index contributed by atoms with van der Waals surface area (Å²) in [5, 5.41) is 8.99. The molecule has 0 saturated heterocycles. The van der Waals surface area contributed by atoms with Gasteiger partial charge in [0.05, 0.1) is 25.4 Å². The molecule has 1 atom stereocenters. The molecule has 0 aromatic carbocycles. The number of aromatic amines is 1. The molecule has 7 heteroatoms. The molecule has 0 fully saturated rings. The number of hydrogen-bond acceptors (Lipinski definition) is 5. The number of fused-ring (bicyclic) bond motifs is 1. The maximum absolute atomic E-state index is 11.4. The van der Waals surface area contributed by atoms with Crippen LogP contribution in [0.3, 0.4) is 0 Å². The lowest BCUT2D eigenvalue weighted by Gasteiger charge is -2.13. The van der Waals surface area contributed by atoms with Crippen LogP contribution in [-0.2, 0) is 11.5 Å². The molecule has 0 aliphatic heterocycles. The van der Waals surface area contributed by atoms with E-state index in [1.807, 2.05) is 6.92 Å². The number of hydrogen-bond donors (Lipinski definition) is 2. The quantitative estimate of drug-likeness (QED) is 0.756. The first-order valence-corrected chi connectivity index (χ1v) is 5.37. The predicted molar refractivity (Wildman–Crippen MR) is 60.4 cm³/mol. The summed E-state index contributed by atoms with van der Waals surface area (Å²) in [7, 11) is 0. The minimum absolute atomic E-state index is 0.0306. The van der Waals surface area contributed by atoms with Crippen molar-refractivity contribution < 1.29 is 9.84 Å². The lowest BCUT2D eigenvalue weighted by molar-refractivity contribution is -0.0238. The zero-order valence-electron chi connectivity index (χ0n) is 9.46. The summed E-state index contributed by atoms with van der Waals surface area (Å²) in [4.78, 5) is 21.8. The average Bonchev–Trinajstić information content (AvgIpc) is 2.75. The van der Waals surface area contributed by atoms with Crippen molar-refractivity contribution in [3.63, 3.8) is 0 Å². The van der Waals surface area contributed by atoms with E-state index >= 15 is 0 Å². The zero-order valence-corrected chi connectivity index (χ0v) is 9.46. The van der Waals surface area contributed by atoms with Crippen molar-refractivity contribution in [1.82, 2.24) is 19.5 Å². The van der Waals surface area contributed by atoms with E-state index in [9.17, 15) is 4.79 Å². The summed E-state index contributed by atoms with van der Waals surface area (Å²) in [6.07, 6.45) is 3.33. The molecular formula is C10H14N4O3. The van der Waals surface area contributed by atoms with Gasteiger partial charge in [-0.2, -0.15) is 0 Å². The fraction of sp³-hybridized carbons (Fsp3) is 0.500. The van der Waals surface area contributed by atoms with Crippen LogP contribution in [0, 0.1) is 0 Å². The van der Waals surface area contributed by atoms with E-state index < -0.39 is 0 Å². The van der Waals surface area contributed by atoms with Crippen LogP contribution >= 0.6 is 0 Å². The van der Waals surface area contributed by atoms with Gasteiger partial charge >= 0.3 is 0 Å². The summed E-state index contributed by atoms with van der Waals surface area (Å²) >= 11 is 0. The normalized spacial score (nSPS) is 13.1. The molecule has 2 N–H and O–H groups in total. The number of aliphatic hydroxyl groups excluding tert-OH is 1. The van der Waals surface area contributed by atoms with Crippen LogP contribution in [0.1, 0.15) is 13.3 Å². The Hall–Kier alpha value is -1.73. The first-order chi connectivity index (χ1) is 8.26. The molecule has 2 rings (SSSR count). The topological polar surface area (TPSA) is 93.0 Å². The molecule has 2 aromatic heterocycles. The van der Waals surface area contributed by atoms with Crippen LogP contribution in [0.5, 0.6) is 0 Å². The first-order valence-electron chi connectivity index (χ1n) is 5.37.